The number of methoxy groups -OCH3 is 1. The monoisotopic (exact) mass is 320 g/mol. The van der Waals surface area contributed by atoms with Crippen LogP contribution < -0.4 is 9.47 Å². The highest BCUT2D eigenvalue weighted by Crippen LogP contribution is 2.30. The van der Waals surface area contributed by atoms with Gasteiger partial charge in [-0.05, 0) is 18.3 Å². The molecule has 2 rings (SSSR count). The van der Waals surface area contributed by atoms with E-state index in [2.05, 4.69) is 25.7 Å². The lowest BCUT2D eigenvalue weighted by Crippen LogP contribution is -2.42. The van der Waals surface area contributed by atoms with Crippen LogP contribution in [0.5, 0.6) is 11.5 Å². The first-order valence-corrected chi connectivity index (χ1v) is 7.99. The molecule has 1 aromatic rings. The van der Waals surface area contributed by atoms with Crippen molar-refractivity contribution in [3.8, 4) is 17.6 Å². The van der Waals surface area contributed by atoms with Crippen LogP contribution in [0.4, 0.5) is 4.39 Å². The summed E-state index contributed by atoms with van der Waals surface area (Å²) in [6.45, 7) is 9.65. The van der Waals surface area contributed by atoms with E-state index in [4.69, 9.17) is 14.7 Å². The van der Waals surface area contributed by atoms with E-state index in [9.17, 15) is 4.39 Å². The third kappa shape index (κ3) is 4.84. The minimum absolute atomic E-state index is 0.00447. The van der Waals surface area contributed by atoms with Crippen molar-refractivity contribution in [2.75, 3.05) is 26.7 Å². The van der Waals surface area contributed by atoms with Crippen LogP contribution in [0.25, 0.3) is 0 Å². The summed E-state index contributed by atoms with van der Waals surface area (Å²) in [5.74, 6) is 0.0345. The third-order valence-corrected chi connectivity index (χ3v) is 3.90. The maximum atomic E-state index is 13.9. The number of ether oxygens (including phenoxy) is 2. The summed E-state index contributed by atoms with van der Waals surface area (Å²) in [4.78, 5) is 2.43. The number of benzene rings is 1. The van der Waals surface area contributed by atoms with Gasteiger partial charge in [0.15, 0.2) is 0 Å². The molecule has 126 valence electrons. The number of halogens is 1. The highest BCUT2D eigenvalue weighted by atomic mass is 19.1. The number of hydrogen-bond acceptors (Lipinski definition) is 4. The van der Waals surface area contributed by atoms with Crippen LogP contribution in [0.2, 0.25) is 0 Å². The van der Waals surface area contributed by atoms with E-state index in [0.29, 0.717) is 5.75 Å². The first-order valence-electron chi connectivity index (χ1n) is 7.99. The summed E-state index contributed by atoms with van der Waals surface area (Å²) in [6.07, 6.45) is 1.75. The zero-order valence-corrected chi connectivity index (χ0v) is 14.4. The summed E-state index contributed by atoms with van der Waals surface area (Å²) >= 11 is 0. The Morgan fingerprint density at radius 1 is 1.30 bits per heavy atom. The van der Waals surface area contributed by atoms with Gasteiger partial charge in [-0.15, -0.1) is 0 Å². The van der Waals surface area contributed by atoms with Crippen molar-refractivity contribution >= 4 is 0 Å². The third-order valence-electron chi connectivity index (χ3n) is 3.90. The molecule has 5 heteroatoms. The predicted molar refractivity (Wildman–Crippen MR) is 87.2 cm³/mol. The molecule has 0 aromatic heterocycles. The van der Waals surface area contributed by atoms with E-state index < -0.39 is 5.82 Å². The Kier molecular flexibility index (Phi) is 5.48. The van der Waals surface area contributed by atoms with Gasteiger partial charge in [-0.1, -0.05) is 20.8 Å². The van der Waals surface area contributed by atoms with E-state index >= 15 is 0 Å². The zero-order chi connectivity index (χ0) is 17.0. The molecule has 0 saturated carbocycles. The lowest BCUT2D eigenvalue weighted by atomic mass is 9.94. The topological polar surface area (TPSA) is 45.5 Å². The highest BCUT2D eigenvalue weighted by Gasteiger charge is 2.25. The Morgan fingerprint density at radius 3 is 2.48 bits per heavy atom. The molecule has 0 spiro atoms. The van der Waals surface area contributed by atoms with Gasteiger partial charge in [0, 0.05) is 31.8 Å². The Morgan fingerprint density at radius 2 is 1.96 bits per heavy atom. The van der Waals surface area contributed by atoms with Gasteiger partial charge in [-0.2, -0.15) is 5.26 Å². The molecule has 1 aliphatic heterocycles. The fourth-order valence-electron chi connectivity index (χ4n) is 2.91. The molecule has 1 saturated heterocycles. The minimum Gasteiger partial charge on any atom is -0.497 e. The van der Waals surface area contributed by atoms with Gasteiger partial charge in [-0.3, -0.25) is 0 Å². The summed E-state index contributed by atoms with van der Waals surface area (Å²) < 4.78 is 24.9. The van der Waals surface area contributed by atoms with Gasteiger partial charge in [-0.25, -0.2) is 4.39 Å². The second kappa shape index (κ2) is 7.18. The average Bonchev–Trinajstić information content (AvgIpc) is 2.47. The summed E-state index contributed by atoms with van der Waals surface area (Å²) in [5, 5.41) is 9.14. The van der Waals surface area contributed by atoms with Crippen molar-refractivity contribution in [1.29, 1.82) is 5.26 Å². The van der Waals surface area contributed by atoms with Gasteiger partial charge in [0.1, 0.15) is 35.1 Å². The maximum absolute atomic E-state index is 13.9. The second-order valence-electron chi connectivity index (χ2n) is 7.25. The number of hydrogen-bond donors (Lipinski definition) is 0. The SMILES string of the molecule is COc1cc(F)c(C#N)c(OC2CCN(CC(C)(C)C)CC2)c1. The Bertz CT molecular complexity index is 582. The molecule has 1 fully saturated rings. The molecule has 4 nitrogen and oxygen atoms in total. The number of nitrogens with zero attached hydrogens (tertiary/aromatic N) is 2. The fourth-order valence-corrected chi connectivity index (χ4v) is 2.91. The maximum Gasteiger partial charge on any atom is 0.148 e. The quantitative estimate of drug-likeness (QED) is 0.850. The van der Waals surface area contributed by atoms with Gasteiger partial charge in [0.05, 0.1) is 7.11 Å². The van der Waals surface area contributed by atoms with E-state index in [1.807, 2.05) is 6.07 Å². The van der Waals surface area contributed by atoms with Crippen molar-refractivity contribution in [2.45, 2.75) is 39.7 Å². The van der Waals surface area contributed by atoms with Gasteiger partial charge >= 0.3 is 0 Å². The smallest absolute Gasteiger partial charge is 0.148 e. The molecule has 1 aromatic carbocycles. The molecule has 0 bridgehead atoms. The molecule has 0 amide bonds. The fraction of sp³-hybridized carbons (Fsp3) is 0.611. The normalized spacial score (nSPS) is 16.9. The van der Waals surface area contributed by atoms with Gasteiger partial charge < -0.3 is 14.4 Å². The first kappa shape index (κ1) is 17.6. The lowest BCUT2D eigenvalue weighted by molar-refractivity contribution is 0.0805. The average molecular weight is 320 g/mol. The molecular weight excluding hydrogens is 295 g/mol. The molecule has 0 radical (unpaired) electrons. The van der Waals surface area contributed by atoms with Crippen LogP contribution in [0.3, 0.4) is 0 Å². The van der Waals surface area contributed by atoms with E-state index in [-0.39, 0.29) is 22.8 Å². The molecular formula is C18H25FN2O2. The van der Waals surface area contributed by atoms with Crippen molar-refractivity contribution in [1.82, 2.24) is 4.90 Å². The van der Waals surface area contributed by atoms with Crippen molar-refractivity contribution in [3.05, 3.63) is 23.5 Å². The summed E-state index contributed by atoms with van der Waals surface area (Å²) in [6, 6.07) is 4.67. The Labute approximate surface area is 137 Å². The zero-order valence-electron chi connectivity index (χ0n) is 14.4. The number of likely N-dealkylation sites (tertiary alicyclic amines) is 1. The highest BCUT2D eigenvalue weighted by molar-refractivity contribution is 5.48. The molecule has 0 unspecified atom stereocenters. The Balaban J connectivity index is 2.02. The molecule has 0 aliphatic carbocycles. The molecule has 23 heavy (non-hydrogen) atoms. The van der Waals surface area contributed by atoms with E-state index in [1.165, 1.54) is 13.2 Å². The van der Waals surface area contributed by atoms with Crippen molar-refractivity contribution in [3.63, 3.8) is 0 Å². The number of rotatable bonds is 4. The van der Waals surface area contributed by atoms with Gasteiger partial charge in [0.25, 0.3) is 0 Å². The van der Waals surface area contributed by atoms with E-state index in [0.717, 1.165) is 32.5 Å². The van der Waals surface area contributed by atoms with Gasteiger partial charge in [0.2, 0.25) is 0 Å². The minimum atomic E-state index is -0.605. The van der Waals surface area contributed by atoms with Crippen LogP contribution in [0.1, 0.15) is 39.2 Å². The molecule has 0 atom stereocenters. The lowest BCUT2D eigenvalue weighted by Gasteiger charge is -2.36. The second-order valence-corrected chi connectivity index (χ2v) is 7.25. The Hall–Kier alpha value is -1.80. The van der Waals surface area contributed by atoms with Crippen molar-refractivity contribution in [2.24, 2.45) is 5.41 Å². The largest absolute Gasteiger partial charge is 0.497 e. The standard InChI is InChI=1S/C18H25FN2O2/c1-18(2,3)12-21-7-5-13(6-8-21)23-17-10-14(22-4)9-16(19)15(17)11-20/h9-10,13H,5-8,12H2,1-4H3. The predicted octanol–water partition coefficient (Wildman–Crippen LogP) is 3.60. The van der Waals surface area contributed by atoms with Crippen LogP contribution in [0, 0.1) is 22.6 Å². The summed E-state index contributed by atoms with van der Waals surface area (Å²) in [7, 11) is 1.47. The molecule has 1 heterocycles. The van der Waals surface area contributed by atoms with Crippen LogP contribution in [-0.4, -0.2) is 37.7 Å². The first-order chi connectivity index (χ1) is 10.8. The van der Waals surface area contributed by atoms with Crippen LogP contribution in [-0.2, 0) is 0 Å². The molecule has 1 aliphatic rings. The number of nitriles is 1. The van der Waals surface area contributed by atoms with Crippen LogP contribution >= 0.6 is 0 Å². The van der Waals surface area contributed by atoms with E-state index in [1.54, 1.807) is 6.07 Å². The summed E-state index contributed by atoms with van der Waals surface area (Å²) in [5.41, 5.74) is 0.223. The van der Waals surface area contributed by atoms with Crippen LogP contribution in [0.15, 0.2) is 12.1 Å². The van der Waals surface area contributed by atoms with Crippen molar-refractivity contribution < 1.29 is 13.9 Å². The molecule has 0 N–H and O–H groups in total. The number of piperidine rings is 1.